The van der Waals surface area contributed by atoms with Crippen LogP contribution >= 0.6 is 0 Å². The molecule has 116 valence electrons. The number of aliphatic hydroxyl groups is 1. The molecule has 0 aromatic carbocycles. The molecule has 3 aliphatic heterocycles. The smallest absolute Gasteiger partial charge is 0.0951 e. The van der Waals surface area contributed by atoms with Gasteiger partial charge in [-0.25, -0.2) is 0 Å². The summed E-state index contributed by atoms with van der Waals surface area (Å²) in [6, 6.07) is 0.652. The van der Waals surface area contributed by atoms with E-state index in [1.54, 1.807) is 0 Å². The van der Waals surface area contributed by atoms with Gasteiger partial charge in [0.2, 0.25) is 0 Å². The molecule has 0 saturated carbocycles. The zero-order valence-electron chi connectivity index (χ0n) is 12.4. The van der Waals surface area contributed by atoms with Gasteiger partial charge in [-0.2, -0.15) is 0 Å². The largest absolute Gasteiger partial charge is 0.395 e. The van der Waals surface area contributed by atoms with E-state index >= 15 is 0 Å². The summed E-state index contributed by atoms with van der Waals surface area (Å²) >= 11 is 0. The number of nitrogens with zero attached hydrogens (tertiary/aromatic N) is 2. The number of aliphatic hydroxyl groups excluding tert-OH is 1. The molecule has 0 aliphatic carbocycles. The molecule has 1 spiro atoms. The lowest BCUT2D eigenvalue weighted by Crippen LogP contribution is -2.50. The molecule has 3 fully saturated rings. The van der Waals surface area contributed by atoms with E-state index in [1.165, 1.54) is 13.0 Å². The molecule has 3 heterocycles. The van der Waals surface area contributed by atoms with Gasteiger partial charge in [-0.15, -0.1) is 0 Å². The van der Waals surface area contributed by atoms with Gasteiger partial charge in [-0.05, 0) is 32.4 Å². The topological polar surface area (TPSA) is 45.2 Å². The quantitative estimate of drug-likeness (QED) is 0.809. The van der Waals surface area contributed by atoms with Gasteiger partial charge in [0.15, 0.2) is 0 Å². The summed E-state index contributed by atoms with van der Waals surface area (Å²) in [6.07, 6.45) is 4.56. The second-order valence-electron chi connectivity index (χ2n) is 6.44. The van der Waals surface area contributed by atoms with Crippen LogP contribution in [0, 0.1) is 0 Å². The highest BCUT2D eigenvalue weighted by molar-refractivity contribution is 4.94. The predicted octanol–water partition coefficient (Wildman–Crippen LogP) is 0.325. The third-order valence-corrected chi connectivity index (χ3v) is 5.09. The minimum atomic E-state index is 0.0139. The molecular weight excluding hydrogens is 256 g/mol. The molecule has 5 heteroatoms. The Hall–Kier alpha value is -0.200. The molecule has 3 saturated heterocycles. The molecule has 3 rings (SSSR count). The van der Waals surface area contributed by atoms with Gasteiger partial charge in [0.25, 0.3) is 0 Å². The van der Waals surface area contributed by atoms with Gasteiger partial charge in [0.05, 0.1) is 18.8 Å². The Bertz CT molecular complexity index is 307. The van der Waals surface area contributed by atoms with Crippen LogP contribution in [0.2, 0.25) is 0 Å². The molecule has 1 N–H and O–H groups in total. The Morgan fingerprint density at radius 1 is 1.15 bits per heavy atom. The summed E-state index contributed by atoms with van der Waals surface area (Å²) in [7, 11) is 0. The second kappa shape index (κ2) is 6.71. The van der Waals surface area contributed by atoms with Crippen molar-refractivity contribution in [2.24, 2.45) is 0 Å². The molecule has 0 amide bonds. The van der Waals surface area contributed by atoms with Crippen LogP contribution < -0.4 is 0 Å². The lowest BCUT2D eigenvalue weighted by Gasteiger charge is -2.42. The number of rotatable bonds is 3. The SMILES string of the molecule is OCCN1CCCN(C2CCOC3(CCOC3)C2)CC1. The highest BCUT2D eigenvalue weighted by Gasteiger charge is 2.42. The maximum atomic E-state index is 9.08. The molecule has 0 aromatic heterocycles. The zero-order valence-corrected chi connectivity index (χ0v) is 12.4. The zero-order chi connectivity index (χ0) is 13.8. The lowest BCUT2D eigenvalue weighted by molar-refractivity contribution is -0.106. The van der Waals surface area contributed by atoms with E-state index in [4.69, 9.17) is 14.6 Å². The van der Waals surface area contributed by atoms with Crippen molar-refractivity contribution in [2.75, 3.05) is 59.2 Å². The van der Waals surface area contributed by atoms with Crippen molar-refractivity contribution in [3.05, 3.63) is 0 Å². The van der Waals surface area contributed by atoms with Crippen molar-refractivity contribution in [1.29, 1.82) is 0 Å². The van der Waals surface area contributed by atoms with Gasteiger partial charge in [-0.3, -0.25) is 9.80 Å². The van der Waals surface area contributed by atoms with Gasteiger partial charge in [-0.1, -0.05) is 0 Å². The number of ether oxygens (including phenoxy) is 2. The van der Waals surface area contributed by atoms with Crippen molar-refractivity contribution in [2.45, 2.75) is 37.3 Å². The molecule has 2 unspecified atom stereocenters. The van der Waals surface area contributed by atoms with Crippen molar-refractivity contribution in [3.8, 4) is 0 Å². The summed E-state index contributed by atoms with van der Waals surface area (Å²) in [5, 5.41) is 9.08. The van der Waals surface area contributed by atoms with Crippen LogP contribution in [-0.2, 0) is 9.47 Å². The standard InChI is InChI=1S/C15H28N2O3/c18-9-8-16-4-1-5-17(7-6-16)14-2-10-20-15(12-14)3-11-19-13-15/h14,18H,1-13H2. The first-order valence-electron chi connectivity index (χ1n) is 8.10. The molecule has 20 heavy (non-hydrogen) atoms. The van der Waals surface area contributed by atoms with Crippen LogP contribution in [0.4, 0.5) is 0 Å². The highest BCUT2D eigenvalue weighted by Crippen LogP contribution is 2.35. The van der Waals surface area contributed by atoms with Crippen LogP contribution in [0.25, 0.3) is 0 Å². The fraction of sp³-hybridized carbons (Fsp3) is 1.00. The number of hydrogen-bond donors (Lipinski definition) is 1. The van der Waals surface area contributed by atoms with Crippen molar-refractivity contribution in [3.63, 3.8) is 0 Å². The third kappa shape index (κ3) is 3.34. The van der Waals surface area contributed by atoms with Crippen LogP contribution in [0.1, 0.15) is 25.7 Å². The van der Waals surface area contributed by atoms with E-state index in [1.807, 2.05) is 0 Å². The molecule has 2 atom stereocenters. The summed E-state index contributed by atoms with van der Waals surface area (Å²) in [5.41, 5.74) is 0.0139. The molecule has 0 bridgehead atoms. The average molecular weight is 284 g/mol. The molecule has 3 aliphatic rings. The Morgan fingerprint density at radius 3 is 2.90 bits per heavy atom. The van der Waals surface area contributed by atoms with Crippen LogP contribution in [0.15, 0.2) is 0 Å². The number of hydrogen-bond acceptors (Lipinski definition) is 5. The van der Waals surface area contributed by atoms with Crippen LogP contribution in [0.5, 0.6) is 0 Å². The monoisotopic (exact) mass is 284 g/mol. The van der Waals surface area contributed by atoms with Gasteiger partial charge >= 0.3 is 0 Å². The van der Waals surface area contributed by atoms with Crippen LogP contribution in [0.3, 0.4) is 0 Å². The first-order chi connectivity index (χ1) is 9.81. The van der Waals surface area contributed by atoms with E-state index < -0.39 is 0 Å². The summed E-state index contributed by atoms with van der Waals surface area (Å²) in [6.45, 7) is 8.13. The minimum Gasteiger partial charge on any atom is -0.395 e. The van der Waals surface area contributed by atoms with E-state index in [0.717, 1.165) is 65.3 Å². The Morgan fingerprint density at radius 2 is 2.10 bits per heavy atom. The first kappa shape index (κ1) is 14.7. The fourth-order valence-electron chi connectivity index (χ4n) is 3.90. The molecule has 0 aromatic rings. The van der Waals surface area contributed by atoms with Crippen molar-refractivity contribution >= 4 is 0 Å². The van der Waals surface area contributed by atoms with Crippen molar-refractivity contribution < 1.29 is 14.6 Å². The van der Waals surface area contributed by atoms with E-state index in [0.29, 0.717) is 6.04 Å². The maximum Gasteiger partial charge on any atom is 0.0951 e. The van der Waals surface area contributed by atoms with Crippen molar-refractivity contribution in [1.82, 2.24) is 9.80 Å². The Kier molecular flexibility index (Phi) is 4.94. The molecule has 5 nitrogen and oxygen atoms in total. The normalized spacial score (nSPS) is 37.4. The lowest BCUT2D eigenvalue weighted by atomic mass is 9.89. The fourth-order valence-corrected chi connectivity index (χ4v) is 3.90. The highest BCUT2D eigenvalue weighted by atomic mass is 16.6. The van der Waals surface area contributed by atoms with Crippen LogP contribution in [-0.4, -0.2) is 85.7 Å². The van der Waals surface area contributed by atoms with E-state index in [9.17, 15) is 0 Å². The van der Waals surface area contributed by atoms with Gasteiger partial charge in [0, 0.05) is 45.3 Å². The number of β-amino-alcohol motifs (C(OH)–C–C–N with tert-alkyl or cyclic N) is 1. The summed E-state index contributed by atoms with van der Waals surface area (Å²) in [5.74, 6) is 0. The first-order valence-corrected chi connectivity index (χ1v) is 8.10. The minimum absolute atomic E-state index is 0.0139. The maximum absolute atomic E-state index is 9.08. The van der Waals surface area contributed by atoms with Gasteiger partial charge in [0.1, 0.15) is 0 Å². The van der Waals surface area contributed by atoms with Gasteiger partial charge < -0.3 is 14.6 Å². The second-order valence-corrected chi connectivity index (χ2v) is 6.44. The Labute approximate surface area is 121 Å². The Balaban J connectivity index is 1.55. The molecular formula is C15H28N2O3. The average Bonchev–Trinajstić information content (AvgIpc) is 2.76. The third-order valence-electron chi connectivity index (χ3n) is 5.09. The van der Waals surface area contributed by atoms with E-state index in [-0.39, 0.29) is 12.2 Å². The summed E-state index contributed by atoms with van der Waals surface area (Å²) < 4.78 is 11.6. The summed E-state index contributed by atoms with van der Waals surface area (Å²) in [4.78, 5) is 5.04. The predicted molar refractivity (Wildman–Crippen MR) is 76.9 cm³/mol. The van der Waals surface area contributed by atoms with E-state index in [2.05, 4.69) is 9.80 Å². The molecule has 0 radical (unpaired) electrons.